The van der Waals surface area contributed by atoms with Crippen LogP contribution in [0, 0.1) is 0 Å². The maximum absolute atomic E-state index is 12.9. The molecule has 2 heterocycles. The largest absolute Gasteiger partial charge is 0.480 e. The van der Waals surface area contributed by atoms with Crippen molar-refractivity contribution in [3.8, 4) is 0 Å². The van der Waals surface area contributed by atoms with Gasteiger partial charge < -0.3 is 15.3 Å². The number of nitrogens with zero attached hydrogens (tertiary/aromatic N) is 1. The van der Waals surface area contributed by atoms with E-state index in [4.69, 9.17) is 0 Å². The summed E-state index contributed by atoms with van der Waals surface area (Å²) in [5, 5.41) is 15.0. The molecule has 0 aliphatic carbocycles. The van der Waals surface area contributed by atoms with Crippen LogP contribution in [0.5, 0.6) is 0 Å². The van der Waals surface area contributed by atoms with Crippen LogP contribution in [0.2, 0.25) is 0 Å². The second kappa shape index (κ2) is 6.59. The Hall–Kier alpha value is -2.06. The van der Waals surface area contributed by atoms with Gasteiger partial charge in [-0.05, 0) is 26.0 Å². The lowest BCUT2D eigenvalue weighted by Crippen LogP contribution is -2.85. The topological polar surface area (TPSA) is 98.7 Å². The molecular formula is C18H23N3O4S. The molecule has 2 aliphatic heterocycles. The molecule has 1 aromatic carbocycles. The summed E-state index contributed by atoms with van der Waals surface area (Å²) in [5.74, 6) is -1.70. The molecule has 0 spiro atoms. The highest BCUT2D eigenvalue weighted by molar-refractivity contribution is 8.01. The molecule has 7 nitrogen and oxygen atoms in total. The number of hydrogen-bond donors (Lipinski definition) is 3. The number of carbonyl (C=O) groups is 3. The monoisotopic (exact) mass is 377 g/mol. The quantitative estimate of drug-likeness (QED) is 0.501. The van der Waals surface area contributed by atoms with Crippen LogP contribution in [-0.2, 0) is 20.8 Å². The third-order valence-electron chi connectivity index (χ3n) is 4.78. The molecule has 2 saturated heterocycles. The number of aliphatic carboxylic acids is 1. The molecular weight excluding hydrogens is 354 g/mol. The highest BCUT2D eigenvalue weighted by Gasteiger charge is 2.72. The first kappa shape index (κ1) is 18.7. The molecule has 1 aromatic rings. The van der Waals surface area contributed by atoms with E-state index in [0.717, 1.165) is 5.56 Å². The summed E-state index contributed by atoms with van der Waals surface area (Å²) in [7, 11) is 0. The van der Waals surface area contributed by atoms with Gasteiger partial charge in [-0.25, -0.2) is 4.79 Å². The number of likely N-dealkylation sites (N-methyl/N-ethyl adjacent to an activating group) is 1. The van der Waals surface area contributed by atoms with Gasteiger partial charge in [0.1, 0.15) is 11.4 Å². The fraction of sp³-hybridized carbons (Fsp3) is 0.500. The van der Waals surface area contributed by atoms with Crippen molar-refractivity contribution in [3.05, 3.63) is 35.9 Å². The Kier molecular flexibility index (Phi) is 4.74. The molecule has 2 fully saturated rings. The zero-order valence-corrected chi connectivity index (χ0v) is 15.8. The lowest BCUT2D eigenvalue weighted by Gasteiger charge is -2.53. The minimum Gasteiger partial charge on any atom is -0.480 e. The van der Waals surface area contributed by atoms with Crippen LogP contribution in [0.1, 0.15) is 26.3 Å². The zero-order valence-electron chi connectivity index (χ0n) is 15.0. The van der Waals surface area contributed by atoms with Gasteiger partial charge in [0, 0.05) is 4.75 Å². The van der Waals surface area contributed by atoms with Gasteiger partial charge in [0.15, 0.2) is 0 Å². The number of amides is 2. The molecule has 2 amide bonds. The summed E-state index contributed by atoms with van der Waals surface area (Å²) in [6.07, 6.45) is 0.157. The van der Waals surface area contributed by atoms with E-state index in [1.165, 1.54) is 16.7 Å². The zero-order chi connectivity index (χ0) is 19.1. The number of hydrogen-bond acceptors (Lipinski definition) is 5. The second-order valence-corrected chi connectivity index (χ2v) is 8.81. The first-order chi connectivity index (χ1) is 12.2. The SMILES string of the molecule is CCN[C@]1(NC(=O)Cc2ccccc2)C(=O)N2[C@@H](C(=O)O)C(C)(C)S[C@@H]21. The van der Waals surface area contributed by atoms with Crippen molar-refractivity contribution in [1.82, 2.24) is 15.5 Å². The van der Waals surface area contributed by atoms with Gasteiger partial charge in [0.25, 0.3) is 5.91 Å². The fourth-order valence-corrected chi connectivity index (χ4v) is 5.38. The predicted octanol–water partition coefficient (Wildman–Crippen LogP) is 0.798. The molecule has 2 aliphatic rings. The van der Waals surface area contributed by atoms with Crippen LogP contribution >= 0.6 is 11.8 Å². The van der Waals surface area contributed by atoms with Crippen molar-refractivity contribution in [2.75, 3.05) is 6.54 Å². The summed E-state index contributed by atoms with van der Waals surface area (Å²) in [6, 6.07) is 8.36. The van der Waals surface area contributed by atoms with E-state index in [1.807, 2.05) is 51.1 Å². The molecule has 0 saturated carbocycles. The molecule has 8 heteroatoms. The Balaban J connectivity index is 1.82. The van der Waals surface area contributed by atoms with Gasteiger partial charge in [0.2, 0.25) is 11.6 Å². The Morgan fingerprint density at radius 1 is 1.27 bits per heavy atom. The number of β-lactam (4-membered cyclic amide) rings is 1. The summed E-state index contributed by atoms with van der Waals surface area (Å²) in [4.78, 5) is 38.5. The number of fused-ring (bicyclic) bond motifs is 1. The lowest BCUT2D eigenvalue weighted by molar-refractivity contribution is -0.171. The van der Waals surface area contributed by atoms with Crippen molar-refractivity contribution in [3.63, 3.8) is 0 Å². The number of thioether (sulfide) groups is 1. The van der Waals surface area contributed by atoms with Gasteiger partial charge in [-0.1, -0.05) is 37.3 Å². The standard InChI is InChI=1S/C18H23N3O4S/c1-4-19-18(20-12(22)10-11-8-6-5-7-9-11)15(25)21-13(14(23)24)17(2,3)26-16(18)21/h5-9,13,16,19H,4,10H2,1-3H3,(H,20,22)(H,23,24)/t13-,16+,18-/m0/s1. The van der Waals surface area contributed by atoms with Gasteiger partial charge in [-0.3, -0.25) is 14.9 Å². The normalized spacial score (nSPS) is 29.0. The second-order valence-electron chi connectivity index (χ2n) is 7.08. The number of nitrogens with one attached hydrogen (secondary N) is 2. The minimum absolute atomic E-state index is 0.157. The lowest BCUT2D eigenvalue weighted by atomic mass is 9.91. The summed E-state index contributed by atoms with van der Waals surface area (Å²) in [5.41, 5.74) is -0.407. The first-order valence-electron chi connectivity index (χ1n) is 8.56. The van der Waals surface area contributed by atoms with Crippen LogP contribution in [0.4, 0.5) is 0 Å². The Bertz CT molecular complexity index is 739. The van der Waals surface area contributed by atoms with Crippen molar-refractivity contribution in [2.24, 2.45) is 0 Å². The molecule has 3 atom stereocenters. The Morgan fingerprint density at radius 2 is 1.92 bits per heavy atom. The van der Waals surface area contributed by atoms with Gasteiger partial charge in [-0.15, -0.1) is 11.8 Å². The molecule has 0 unspecified atom stereocenters. The van der Waals surface area contributed by atoms with E-state index in [9.17, 15) is 19.5 Å². The molecule has 26 heavy (non-hydrogen) atoms. The summed E-state index contributed by atoms with van der Waals surface area (Å²) < 4.78 is -0.645. The van der Waals surface area contributed by atoms with E-state index in [0.29, 0.717) is 6.54 Å². The number of rotatable bonds is 6. The van der Waals surface area contributed by atoms with Crippen molar-refractivity contribution in [2.45, 2.75) is 49.0 Å². The van der Waals surface area contributed by atoms with E-state index >= 15 is 0 Å². The molecule has 0 aromatic heterocycles. The predicted molar refractivity (Wildman–Crippen MR) is 98.4 cm³/mol. The minimum atomic E-state index is -1.26. The number of benzene rings is 1. The molecule has 3 N–H and O–H groups in total. The summed E-state index contributed by atoms with van der Waals surface area (Å²) >= 11 is 1.40. The Labute approximate surface area is 156 Å². The van der Waals surface area contributed by atoms with E-state index in [1.54, 1.807) is 0 Å². The molecule has 0 bridgehead atoms. The van der Waals surface area contributed by atoms with Crippen molar-refractivity contribution >= 4 is 29.5 Å². The average Bonchev–Trinajstić information content (AvgIpc) is 2.84. The fourth-order valence-electron chi connectivity index (χ4n) is 3.71. The number of carbonyl (C=O) groups excluding carboxylic acids is 2. The van der Waals surface area contributed by atoms with Crippen LogP contribution in [0.15, 0.2) is 30.3 Å². The van der Waals surface area contributed by atoms with E-state index in [2.05, 4.69) is 10.6 Å². The molecule has 3 rings (SSSR count). The maximum Gasteiger partial charge on any atom is 0.327 e. The van der Waals surface area contributed by atoms with E-state index < -0.39 is 33.7 Å². The number of carboxylic acids is 1. The first-order valence-corrected chi connectivity index (χ1v) is 9.44. The van der Waals surface area contributed by atoms with Crippen molar-refractivity contribution < 1.29 is 19.5 Å². The Morgan fingerprint density at radius 3 is 2.50 bits per heavy atom. The van der Waals surface area contributed by atoms with Gasteiger partial charge in [0.05, 0.1) is 6.42 Å². The van der Waals surface area contributed by atoms with Crippen molar-refractivity contribution in [1.29, 1.82) is 0 Å². The molecule has 0 radical (unpaired) electrons. The smallest absolute Gasteiger partial charge is 0.327 e. The van der Waals surface area contributed by atoms with Crippen LogP contribution in [0.25, 0.3) is 0 Å². The third kappa shape index (κ3) is 2.87. The third-order valence-corrected chi connectivity index (χ3v) is 6.42. The highest BCUT2D eigenvalue weighted by atomic mass is 32.2. The molecule has 140 valence electrons. The highest BCUT2D eigenvalue weighted by Crippen LogP contribution is 2.54. The van der Waals surface area contributed by atoms with Gasteiger partial charge >= 0.3 is 5.97 Å². The van der Waals surface area contributed by atoms with Crippen LogP contribution in [0.3, 0.4) is 0 Å². The maximum atomic E-state index is 12.9. The van der Waals surface area contributed by atoms with Crippen LogP contribution in [-0.4, -0.2) is 56.2 Å². The number of carboxylic acid groups (broad SMARTS) is 1. The summed E-state index contributed by atoms with van der Waals surface area (Å²) in [6.45, 7) is 5.94. The average molecular weight is 377 g/mol. The van der Waals surface area contributed by atoms with Crippen LogP contribution < -0.4 is 10.6 Å². The van der Waals surface area contributed by atoms with Gasteiger partial charge in [-0.2, -0.15) is 0 Å². The van der Waals surface area contributed by atoms with E-state index in [-0.39, 0.29) is 12.3 Å².